The molecule has 0 bridgehead atoms. The Balaban J connectivity index is 1.69. The number of carbonyl (C=O) groups is 3. The quantitative estimate of drug-likeness (QED) is 0.326. The molecule has 2 rings (SSSR count). The fourth-order valence-electron chi connectivity index (χ4n) is 2.46. The van der Waals surface area contributed by atoms with Crippen LogP contribution in [0.3, 0.4) is 0 Å². The molecular formula is C22H25N3O5S. The predicted molar refractivity (Wildman–Crippen MR) is 119 cm³/mol. The molecule has 0 aliphatic carbocycles. The van der Waals surface area contributed by atoms with Crippen LogP contribution in [0.4, 0.5) is 0 Å². The van der Waals surface area contributed by atoms with E-state index in [-0.39, 0.29) is 24.0 Å². The minimum Gasteiger partial charge on any atom is -0.484 e. The van der Waals surface area contributed by atoms with E-state index >= 15 is 0 Å². The van der Waals surface area contributed by atoms with Gasteiger partial charge in [-0.3, -0.25) is 20.4 Å². The zero-order valence-electron chi connectivity index (χ0n) is 17.4. The van der Waals surface area contributed by atoms with Crippen LogP contribution in [-0.2, 0) is 20.7 Å². The molecule has 0 fully saturated rings. The van der Waals surface area contributed by atoms with E-state index in [1.54, 1.807) is 24.3 Å². The summed E-state index contributed by atoms with van der Waals surface area (Å²) in [6.07, 6.45) is 0.920. The number of rotatable bonds is 8. The average molecular weight is 444 g/mol. The average Bonchev–Trinajstić information content (AvgIpc) is 2.76. The van der Waals surface area contributed by atoms with E-state index in [1.165, 1.54) is 0 Å². The molecule has 2 amide bonds. The summed E-state index contributed by atoms with van der Waals surface area (Å²) in [4.78, 5) is 35.7. The van der Waals surface area contributed by atoms with Crippen molar-refractivity contribution in [3.63, 3.8) is 0 Å². The molecule has 164 valence electrons. The SMILES string of the molecule is CCCOC(=O)c1ccc(OCC(=O)NNC(=S)NC(=O)Cc2ccccc2C)cc1. The van der Waals surface area contributed by atoms with E-state index in [0.29, 0.717) is 17.9 Å². The Morgan fingerprint density at radius 3 is 2.35 bits per heavy atom. The Bertz CT molecular complexity index is 931. The fraction of sp³-hybridized carbons (Fsp3) is 0.273. The third kappa shape index (κ3) is 8.43. The molecule has 0 aliphatic rings. The predicted octanol–water partition coefficient (Wildman–Crippen LogP) is 2.21. The first-order chi connectivity index (χ1) is 14.9. The van der Waals surface area contributed by atoms with Crippen molar-refractivity contribution in [3.8, 4) is 5.75 Å². The molecule has 0 spiro atoms. The third-order valence-electron chi connectivity index (χ3n) is 4.08. The number of thiocarbonyl (C=S) groups is 1. The summed E-state index contributed by atoms with van der Waals surface area (Å²) in [7, 11) is 0. The van der Waals surface area contributed by atoms with Crippen LogP contribution in [0.15, 0.2) is 48.5 Å². The molecule has 0 heterocycles. The fourth-order valence-corrected chi connectivity index (χ4v) is 2.63. The van der Waals surface area contributed by atoms with Gasteiger partial charge < -0.3 is 14.8 Å². The molecule has 0 radical (unpaired) electrons. The largest absolute Gasteiger partial charge is 0.484 e. The van der Waals surface area contributed by atoms with E-state index < -0.39 is 11.9 Å². The Labute approximate surface area is 186 Å². The van der Waals surface area contributed by atoms with Gasteiger partial charge in [0.25, 0.3) is 5.91 Å². The maximum absolute atomic E-state index is 12.1. The number of benzene rings is 2. The van der Waals surface area contributed by atoms with E-state index in [0.717, 1.165) is 17.5 Å². The topological polar surface area (TPSA) is 106 Å². The molecule has 31 heavy (non-hydrogen) atoms. The highest BCUT2D eigenvalue weighted by atomic mass is 32.1. The van der Waals surface area contributed by atoms with Crippen LogP contribution in [0, 0.1) is 6.92 Å². The van der Waals surface area contributed by atoms with Crippen LogP contribution in [0.5, 0.6) is 5.75 Å². The van der Waals surface area contributed by atoms with Gasteiger partial charge in [-0.1, -0.05) is 31.2 Å². The smallest absolute Gasteiger partial charge is 0.338 e. The van der Waals surface area contributed by atoms with Crippen LogP contribution in [-0.4, -0.2) is 36.1 Å². The second kappa shape index (κ2) is 12.3. The summed E-state index contributed by atoms with van der Waals surface area (Å²) in [5, 5.41) is 2.47. The molecule has 2 aromatic carbocycles. The Hall–Kier alpha value is -3.46. The summed E-state index contributed by atoms with van der Waals surface area (Å²) in [5.74, 6) is -0.790. The van der Waals surface area contributed by atoms with E-state index in [2.05, 4.69) is 16.2 Å². The van der Waals surface area contributed by atoms with Gasteiger partial charge in [0, 0.05) is 0 Å². The minimum absolute atomic E-state index is 0.0260. The molecule has 3 N–H and O–H groups in total. The third-order valence-corrected chi connectivity index (χ3v) is 4.28. The van der Waals surface area contributed by atoms with Crippen molar-refractivity contribution in [1.29, 1.82) is 0 Å². The first kappa shape index (κ1) is 23.8. The maximum Gasteiger partial charge on any atom is 0.338 e. The molecule has 0 aromatic heterocycles. The second-order valence-electron chi connectivity index (χ2n) is 6.60. The molecule has 0 saturated heterocycles. The molecule has 2 aromatic rings. The minimum atomic E-state index is -0.498. The van der Waals surface area contributed by atoms with Crippen LogP contribution in [0.25, 0.3) is 0 Å². The van der Waals surface area contributed by atoms with E-state index in [4.69, 9.17) is 21.7 Å². The molecule has 0 unspecified atom stereocenters. The lowest BCUT2D eigenvalue weighted by Gasteiger charge is -2.12. The van der Waals surface area contributed by atoms with Crippen molar-refractivity contribution in [1.82, 2.24) is 16.2 Å². The summed E-state index contributed by atoms with van der Waals surface area (Å²) < 4.78 is 10.4. The van der Waals surface area contributed by atoms with Gasteiger partial charge in [-0.25, -0.2) is 4.79 Å². The lowest BCUT2D eigenvalue weighted by atomic mass is 10.1. The van der Waals surface area contributed by atoms with Crippen LogP contribution < -0.4 is 20.9 Å². The normalized spacial score (nSPS) is 10.0. The van der Waals surface area contributed by atoms with Crippen LogP contribution in [0.2, 0.25) is 0 Å². The summed E-state index contributed by atoms with van der Waals surface area (Å²) in [5.41, 5.74) is 7.10. The van der Waals surface area contributed by atoms with Gasteiger partial charge in [-0.2, -0.15) is 0 Å². The highest BCUT2D eigenvalue weighted by Crippen LogP contribution is 2.13. The molecule has 9 heteroatoms. The highest BCUT2D eigenvalue weighted by Gasteiger charge is 2.10. The number of aryl methyl sites for hydroxylation is 1. The lowest BCUT2D eigenvalue weighted by Crippen LogP contribution is -2.50. The van der Waals surface area contributed by atoms with Gasteiger partial charge in [0.2, 0.25) is 5.91 Å². The van der Waals surface area contributed by atoms with Crippen molar-refractivity contribution in [2.45, 2.75) is 26.7 Å². The van der Waals surface area contributed by atoms with Crippen LogP contribution >= 0.6 is 12.2 Å². The molecule has 0 aliphatic heterocycles. The monoisotopic (exact) mass is 443 g/mol. The van der Waals surface area contributed by atoms with Crippen molar-refractivity contribution in [3.05, 3.63) is 65.2 Å². The number of hydrogen-bond donors (Lipinski definition) is 3. The second-order valence-corrected chi connectivity index (χ2v) is 7.01. The standard InChI is InChI=1S/C22H25N3O5S/c1-3-12-29-21(28)16-8-10-18(11-9-16)30-14-20(27)24-25-22(31)23-19(26)13-17-7-5-4-6-15(17)2/h4-11H,3,12-14H2,1-2H3,(H,24,27)(H2,23,25,26,31). The maximum atomic E-state index is 12.1. The number of hydrogen-bond acceptors (Lipinski definition) is 6. The molecular weight excluding hydrogens is 418 g/mol. The zero-order chi connectivity index (χ0) is 22.6. The van der Waals surface area contributed by atoms with Crippen molar-refractivity contribution in [2.75, 3.05) is 13.2 Å². The van der Waals surface area contributed by atoms with Gasteiger partial charge in [0.05, 0.1) is 18.6 Å². The van der Waals surface area contributed by atoms with Gasteiger partial charge in [-0.15, -0.1) is 0 Å². The van der Waals surface area contributed by atoms with Crippen molar-refractivity contribution >= 4 is 35.1 Å². The highest BCUT2D eigenvalue weighted by molar-refractivity contribution is 7.80. The summed E-state index contributed by atoms with van der Waals surface area (Å²) >= 11 is 5.00. The van der Waals surface area contributed by atoms with Crippen molar-refractivity contribution < 1.29 is 23.9 Å². The van der Waals surface area contributed by atoms with E-state index in [9.17, 15) is 14.4 Å². The zero-order valence-corrected chi connectivity index (χ0v) is 18.2. The van der Waals surface area contributed by atoms with Gasteiger partial charge in [0.1, 0.15) is 5.75 Å². The van der Waals surface area contributed by atoms with Gasteiger partial charge >= 0.3 is 5.97 Å². The number of ether oxygens (including phenoxy) is 2. The number of carbonyl (C=O) groups excluding carboxylic acids is 3. The number of amides is 2. The molecule has 0 atom stereocenters. The summed E-state index contributed by atoms with van der Waals surface area (Å²) in [6, 6.07) is 13.8. The first-order valence-electron chi connectivity index (χ1n) is 9.72. The van der Waals surface area contributed by atoms with Gasteiger partial charge in [0.15, 0.2) is 11.7 Å². The number of nitrogens with one attached hydrogen (secondary N) is 3. The molecule has 8 nitrogen and oxygen atoms in total. The van der Waals surface area contributed by atoms with Crippen LogP contribution in [0.1, 0.15) is 34.8 Å². The lowest BCUT2D eigenvalue weighted by molar-refractivity contribution is -0.124. The Morgan fingerprint density at radius 2 is 1.68 bits per heavy atom. The van der Waals surface area contributed by atoms with Gasteiger partial charge in [-0.05, 0) is 61.0 Å². The first-order valence-corrected chi connectivity index (χ1v) is 10.1. The van der Waals surface area contributed by atoms with Crippen molar-refractivity contribution in [2.24, 2.45) is 0 Å². The number of esters is 1. The Morgan fingerprint density at radius 1 is 0.968 bits per heavy atom. The Kier molecular flexibility index (Phi) is 9.44. The number of hydrazine groups is 1. The van der Waals surface area contributed by atoms with E-state index in [1.807, 2.05) is 38.1 Å². The summed E-state index contributed by atoms with van der Waals surface area (Å²) in [6.45, 7) is 3.91. The molecule has 0 saturated carbocycles.